The molecule has 1 aliphatic rings. The molecule has 3 aromatic carbocycles. The van der Waals surface area contributed by atoms with Crippen LogP contribution in [0.1, 0.15) is 49.4 Å². The first-order valence-corrected chi connectivity index (χ1v) is 11.1. The molecule has 33 heavy (non-hydrogen) atoms. The Labute approximate surface area is 195 Å². The predicted octanol–water partition coefficient (Wildman–Crippen LogP) is 7.16. The predicted molar refractivity (Wildman–Crippen MR) is 131 cm³/mol. The Bertz CT molecular complexity index is 1250. The van der Waals surface area contributed by atoms with Crippen molar-refractivity contribution in [1.82, 2.24) is 0 Å². The number of carbonyl (C=O) groups excluding carboxylic acids is 1. The van der Waals surface area contributed by atoms with Crippen LogP contribution in [0.3, 0.4) is 0 Å². The molecule has 1 heterocycles. The molecule has 0 saturated carbocycles. The summed E-state index contributed by atoms with van der Waals surface area (Å²) >= 11 is 0. The number of hydrogen-bond acceptors (Lipinski definition) is 2. The molecule has 0 radical (unpaired) electrons. The van der Waals surface area contributed by atoms with Crippen molar-refractivity contribution in [2.45, 2.75) is 45.2 Å². The highest BCUT2D eigenvalue weighted by atomic mass is 16.2. The fourth-order valence-electron chi connectivity index (χ4n) is 4.98. The van der Waals surface area contributed by atoms with Crippen LogP contribution in [0.2, 0.25) is 0 Å². The average Bonchev–Trinajstić information content (AvgIpc) is 3.05. The maximum atomic E-state index is 14.1. The van der Waals surface area contributed by atoms with Crippen molar-refractivity contribution in [3.63, 3.8) is 0 Å². The average molecular weight is 435 g/mol. The van der Waals surface area contributed by atoms with Crippen LogP contribution in [0.25, 0.3) is 4.85 Å². The van der Waals surface area contributed by atoms with Crippen molar-refractivity contribution in [2.75, 3.05) is 9.80 Å². The highest BCUT2D eigenvalue weighted by Gasteiger charge is 2.55. The first-order chi connectivity index (χ1) is 15.9. The third-order valence-electron chi connectivity index (χ3n) is 6.38. The number of carbonyl (C=O) groups is 1. The zero-order valence-electron chi connectivity index (χ0n) is 19.1. The normalized spacial score (nSPS) is 19.9. The van der Waals surface area contributed by atoms with E-state index in [0.717, 1.165) is 35.3 Å². The number of urea groups is 1. The lowest BCUT2D eigenvalue weighted by atomic mass is 9.82. The summed E-state index contributed by atoms with van der Waals surface area (Å²) in [5.74, 6) is 0. The molecule has 2 atom stereocenters. The minimum Gasteiger partial charge on any atom is -0.286 e. The van der Waals surface area contributed by atoms with Crippen molar-refractivity contribution in [3.05, 3.63) is 101 Å². The molecule has 1 fully saturated rings. The maximum Gasteiger partial charge on any atom is 0.330 e. The Balaban J connectivity index is 1.93. The Hall–Kier alpha value is -4.09. The van der Waals surface area contributed by atoms with Gasteiger partial charge in [-0.25, -0.2) is 9.64 Å². The molecule has 0 N–H and O–H groups in total. The molecule has 164 valence electrons. The van der Waals surface area contributed by atoms with Gasteiger partial charge in [-0.3, -0.25) is 9.80 Å². The number of anilines is 2. The van der Waals surface area contributed by atoms with E-state index in [-0.39, 0.29) is 12.1 Å². The standard InChI is InChI=1S/C28H26N4O/c1-5-17-28(3)26(22-8-6-7-20(2)18-22)31(24-15-11-23(30-4)12-16-24)27(33)32(28)25-13-9-21(19-29)10-14-25/h6-16,18,26H,5,17H2,1-3H3/t26?,28-/m1/s1. The Morgan fingerprint density at radius 3 is 2.30 bits per heavy atom. The zero-order valence-corrected chi connectivity index (χ0v) is 19.1. The molecule has 1 saturated heterocycles. The van der Waals surface area contributed by atoms with Crippen LogP contribution in [0, 0.1) is 24.8 Å². The Morgan fingerprint density at radius 2 is 1.73 bits per heavy atom. The van der Waals surface area contributed by atoms with Crippen molar-refractivity contribution in [1.29, 1.82) is 5.26 Å². The molecule has 0 spiro atoms. The minimum atomic E-state index is -0.522. The molecular formula is C28H26N4O. The van der Waals surface area contributed by atoms with Crippen LogP contribution >= 0.6 is 0 Å². The molecule has 5 nitrogen and oxygen atoms in total. The molecule has 1 unspecified atom stereocenters. The van der Waals surface area contributed by atoms with E-state index in [1.54, 1.807) is 24.3 Å². The van der Waals surface area contributed by atoms with Gasteiger partial charge >= 0.3 is 6.03 Å². The van der Waals surface area contributed by atoms with Crippen LogP contribution < -0.4 is 9.80 Å². The number of hydrogen-bond donors (Lipinski definition) is 0. The summed E-state index contributed by atoms with van der Waals surface area (Å²) in [7, 11) is 0. The van der Waals surface area contributed by atoms with Gasteiger partial charge in [-0.2, -0.15) is 5.26 Å². The largest absolute Gasteiger partial charge is 0.330 e. The summed E-state index contributed by atoms with van der Waals surface area (Å²) in [6, 6.07) is 24.6. The number of amides is 2. The third kappa shape index (κ3) is 3.83. The van der Waals surface area contributed by atoms with Gasteiger partial charge in [0.2, 0.25) is 0 Å². The van der Waals surface area contributed by atoms with Crippen molar-refractivity contribution < 1.29 is 4.79 Å². The highest BCUT2D eigenvalue weighted by Crippen LogP contribution is 2.50. The molecule has 1 aliphatic heterocycles. The smallest absolute Gasteiger partial charge is 0.286 e. The van der Waals surface area contributed by atoms with E-state index in [2.05, 4.69) is 49.9 Å². The van der Waals surface area contributed by atoms with E-state index in [1.165, 1.54) is 0 Å². The lowest BCUT2D eigenvalue weighted by Crippen LogP contribution is -2.46. The van der Waals surface area contributed by atoms with Crippen molar-refractivity contribution in [2.24, 2.45) is 0 Å². The van der Waals surface area contributed by atoms with Gasteiger partial charge in [0, 0.05) is 11.4 Å². The van der Waals surface area contributed by atoms with Gasteiger partial charge in [0.1, 0.15) is 0 Å². The Morgan fingerprint density at radius 1 is 1.06 bits per heavy atom. The van der Waals surface area contributed by atoms with Crippen molar-refractivity contribution >= 4 is 23.1 Å². The highest BCUT2D eigenvalue weighted by molar-refractivity contribution is 6.08. The lowest BCUT2D eigenvalue weighted by Gasteiger charge is -2.39. The minimum absolute atomic E-state index is 0.113. The van der Waals surface area contributed by atoms with E-state index < -0.39 is 5.54 Å². The first kappa shape index (κ1) is 22.1. The van der Waals surface area contributed by atoms with Gasteiger partial charge in [-0.05, 0) is 62.2 Å². The number of benzene rings is 3. The Kier molecular flexibility index (Phi) is 5.90. The molecule has 0 aliphatic carbocycles. The summed E-state index contributed by atoms with van der Waals surface area (Å²) in [6.07, 6.45) is 1.71. The molecule has 0 bridgehead atoms. The van der Waals surface area contributed by atoms with Crippen LogP contribution in [-0.4, -0.2) is 11.6 Å². The number of nitriles is 1. The van der Waals surface area contributed by atoms with Gasteiger partial charge in [-0.1, -0.05) is 55.3 Å². The molecule has 0 aromatic heterocycles. The van der Waals surface area contributed by atoms with Crippen LogP contribution in [0.15, 0.2) is 72.8 Å². The lowest BCUT2D eigenvalue weighted by molar-refractivity contribution is 0.253. The van der Waals surface area contributed by atoms with E-state index in [0.29, 0.717) is 11.3 Å². The quantitative estimate of drug-likeness (QED) is 0.400. The van der Waals surface area contributed by atoms with Gasteiger partial charge in [0.15, 0.2) is 5.69 Å². The molecule has 2 amide bonds. The number of aryl methyl sites for hydroxylation is 1. The second kappa shape index (κ2) is 8.81. The van der Waals surface area contributed by atoms with Crippen LogP contribution in [0.5, 0.6) is 0 Å². The summed E-state index contributed by atoms with van der Waals surface area (Å²) in [5, 5.41) is 9.22. The zero-order chi connectivity index (χ0) is 23.6. The fourth-order valence-corrected chi connectivity index (χ4v) is 4.98. The van der Waals surface area contributed by atoms with E-state index in [9.17, 15) is 10.1 Å². The van der Waals surface area contributed by atoms with Gasteiger partial charge < -0.3 is 0 Å². The number of rotatable bonds is 5. The second-order valence-corrected chi connectivity index (χ2v) is 8.70. The van der Waals surface area contributed by atoms with Gasteiger partial charge in [-0.15, -0.1) is 0 Å². The summed E-state index contributed by atoms with van der Waals surface area (Å²) < 4.78 is 0. The van der Waals surface area contributed by atoms with E-state index in [4.69, 9.17) is 6.57 Å². The molecule has 4 rings (SSSR count). The van der Waals surface area contributed by atoms with Gasteiger partial charge in [0.05, 0.1) is 29.8 Å². The summed E-state index contributed by atoms with van der Waals surface area (Å²) in [6.45, 7) is 13.6. The maximum absolute atomic E-state index is 14.1. The molecular weight excluding hydrogens is 408 g/mol. The second-order valence-electron chi connectivity index (χ2n) is 8.70. The third-order valence-corrected chi connectivity index (χ3v) is 6.38. The van der Waals surface area contributed by atoms with E-state index in [1.807, 2.05) is 40.1 Å². The molecule has 3 aromatic rings. The van der Waals surface area contributed by atoms with Gasteiger partial charge in [0.25, 0.3) is 0 Å². The topological polar surface area (TPSA) is 51.7 Å². The number of nitrogens with zero attached hydrogens (tertiary/aromatic N) is 4. The first-order valence-electron chi connectivity index (χ1n) is 11.1. The SMILES string of the molecule is [C-]#[N+]c1ccc(N2C(=O)N(c3ccc(C#N)cc3)[C@](C)(CCC)C2c2cccc(C)c2)cc1. The summed E-state index contributed by atoms with van der Waals surface area (Å²) in [5.41, 5.74) is 4.32. The van der Waals surface area contributed by atoms with E-state index >= 15 is 0 Å². The monoisotopic (exact) mass is 434 g/mol. The molecule has 5 heteroatoms. The van der Waals surface area contributed by atoms with Crippen molar-refractivity contribution in [3.8, 4) is 6.07 Å². The van der Waals surface area contributed by atoms with Crippen LogP contribution in [0.4, 0.5) is 21.9 Å². The fraction of sp³-hybridized carbons (Fsp3) is 0.250. The summed E-state index contributed by atoms with van der Waals surface area (Å²) in [4.78, 5) is 21.3. The van der Waals surface area contributed by atoms with Crippen LogP contribution in [-0.2, 0) is 0 Å².